The number of piperidine rings is 1. The summed E-state index contributed by atoms with van der Waals surface area (Å²) in [7, 11) is 0. The number of hydrogen-bond acceptors (Lipinski definition) is 1. The molecule has 0 radical (unpaired) electrons. The summed E-state index contributed by atoms with van der Waals surface area (Å²) in [5, 5.41) is 0.865. The van der Waals surface area contributed by atoms with Gasteiger partial charge in [-0.05, 0) is 44.4 Å². The topological polar surface area (TPSA) is 3.24 Å². The Kier molecular flexibility index (Phi) is 4.51. The summed E-state index contributed by atoms with van der Waals surface area (Å²) in [6.07, 6.45) is 3.96. The molecule has 3 heteroatoms. The maximum Gasteiger partial charge on any atom is 0.0462 e. The van der Waals surface area contributed by atoms with E-state index in [4.69, 9.17) is 11.6 Å². The molecule has 0 amide bonds. The molecule has 1 aromatic rings. The van der Waals surface area contributed by atoms with E-state index in [2.05, 4.69) is 46.8 Å². The molecule has 0 unspecified atom stereocenters. The zero-order chi connectivity index (χ0) is 12.4. The molecular formula is C14H19BrClN. The van der Waals surface area contributed by atoms with Gasteiger partial charge in [-0.2, -0.15) is 0 Å². The Hall–Kier alpha value is -0.0500. The Morgan fingerprint density at radius 3 is 2.53 bits per heavy atom. The van der Waals surface area contributed by atoms with Crippen molar-refractivity contribution < 1.29 is 0 Å². The van der Waals surface area contributed by atoms with Crippen molar-refractivity contribution in [2.24, 2.45) is 0 Å². The molecule has 1 saturated heterocycles. The third-order valence-electron chi connectivity index (χ3n) is 3.74. The van der Waals surface area contributed by atoms with Gasteiger partial charge in [-0.3, -0.25) is 4.90 Å². The third-order valence-corrected chi connectivity index (χ3v) is 4.59. The van der Waals surface area contributed by atoms with Crippen LogP contribution in [0, 0.1) is 0 Å². The number of rotatable bonds is 2. The molecule has 1 heterocycles. The summed E-state index contributed by atoms with van der Waals surface area (Å²) in [6, 6.07) is 7.51. The molecule has 2 rings (SSSR count). The summed E-state index contributed by atoms with van der Waals surface area (Å²) < 4.78 is 1.05. The van der Waals surface area contributed by atoms with E-state index in [9.17, 15) is 0 Å². The van der Waals surface area contributed by atoms with Crippen LogP contribution in [0.5, 0.6) is 0 Å². The fourth-order valence-electron chi connectivity index (χ4n) is 2.63. The highest BCUT2D eigenvalue weighted by Gasteiger charge is 2.24. The Bertz CT molecular complexity index is 384. The van der Waals surface area contributed by atoms with Gasteiger partial charge < -0.3 is 0 Å². The van der Waals surface area contributed by atoms with Crippen molar-refractivity contribution in [3.8, 4) is 0 Å². The Balaban J connectivity index is 2.13. The van der Waals surface area contributed by atoms with E-state index in [1.54, 1.807) is 0 Å². The highest BCUT2D eigenvalue weighted by atomic mass is 79.9. The normalized spacial score (nSPS) is 26.1. The molecule has 1 fully saturated rings. The maximum absolute atomic E-state index is 6.29. The van der Waals surface area contributed by atoms with Crippen molar-refractivity contribution in [2.75, 3.05) is 0 Å². The average Bonchev–Trinajstić information content (AvgIpc) is 2.26. The third kappa shape index (κ3) is 3.24. The predicted octanol–water partition coefficient (Wildman–Crippen LogP) is 4.87. The number of halogens is 2. The average molecular weight is 317 g/mol. The minimum absolute atomic E-state index is 0.665. The van der Waals surface area contributed by atoms with Crippen molar-refractivity contribution in [1.82, 2.24) is 4.90 Å². The molecule has 0 spiro atoms. The van der Waals surface area contributed by atoms with Crippen LogP contribution in [-0.4, -0.2) is 17.0 Å². The SMILES string of the molecule is C[C@@H]1CCC[C@H](C)N1Cc1ccc(Br)cc1Cl. The van der Waals surface area contributed by atoms with E-state index in [1.165, 1.54) is 24.8 Å². The molecule has 94 valence electrons. The number of likely N-dealkylation sites (tertiary alicyclic amines) is 1. The van der Waals surface area contributed by atoms with E-state index in [0.29, 0.717) is 12.1 Å². The van der Waals surface area contributed by atoms with Gasteiger partial charge >= 0.3 is 0 Å². The number of hydrogen-bond donors (Lipinski definition) is 0. The van der Waals surface area contributed by atoms with Gasteiger partial charge in [0.1, 0.15) is 0 Å². The molecule has 1 aromatic carbocycles. The van der Waals surface area contributed by atoms with Crippen LogP contribution in [0.3, 0.4) is 0 Å². The van der Waals surface area contributed by atoms with Gasteiger partial charge in [0.15, 0.2) is 0 Å². The molecule has 0 N–H and O–H groups in total. The first-order chi connectivity index (χ1) is 8.08. The second kappa shape index (κ2) is 5.73. The lowest BCUT2D eigenvalue weighted by Gasteiger charge is -2.39. The first kappa shape index (κ1) is 13.4. The van der Waals surface area contributed by atoms with E-state index < -0.39 is 0 Å². The molecule has 0 saturated carbocycles. The second-order valence-electron chi connectivity index (χ2n) is 5.04. The smallest absolute Gasteiger partial charge is 0.0462 e. The molecular weight excluding hydrogens is 298 g/mol. The van der Waals surface area contributed by atoms with Gasteiger partial charge in [-0.25, -0.2) is 0 Å². The van der Waals surface area contributed by atoms with Gasteiger partial charge in [-0.15, -0.1) is 0 Å². The van der Waals surface area contributed by atoms with Crippen molar-refractivity contribution >= 4 is 27.5 Å². The van der Waals surface area contributed by atoms with Crippen LogP contribution in [0.15, 0.2) is 22.7 Å². The molecule has 0 bridgehead atoms. The number of benzene rings is 1. The largest absolute Gasteiger partial charge is 0.294 e. The highest BCUT2D eigenvalue weighted by Crippen LogP contribution is 2.28. The molecule has 2 atom stereocenters. The lowest BCUT2D eigenvalue weighted by molar-refractivity contribution is 0.0953. The first-order valence-corrected chi connectivity index (χ1v) is 7.44. The molecule has 1 nitrogen and oxygen atoms in total. The zero-order valence-electron chi connectivity index (χ0n) is 10.4. The summed E-state index contributed by atoms with van der Waals surface area (Å²) in [5.41, 5.74) is 1.23. The summed E-state index contributed by atoms with van der Waals surface area (Å²) >= 11 is 9.73. The van der Waals surface area contributed by atoms with Crippen LogP contribution in [0.2, 0.25) is 5.02 Å². The van der Waals surface area contributed by atoms with Crippen molar-refractivity contribution in [3.63, 3.8) is 0 Å². The maximum atomic E-state index is 6.29. The van der Waals surface area contributed by atoms with E-state index >= 15 is 0 Å². The van der Waals surface area contributed by atoms with Crippen molar-refractivity contribution in [2.45, 2.75) is 51.7 Å². The van der Waals surface area contributed by atoms with Crippen molar-refractivity contribution in [3.05, 3.63) is 33.3 Å². The Labute approximate surface area is 117 Å². The molecule has 0 aromatic heterocycles. The van der Waals surface area contributed by atoms with Gasteiger partial charge in [0.05, 0.1) is 0 Å². The monoisotopic (exact) mass is 315 g/mol. The molecule has 1 aliphatic rings. The highest BCUT2D eigenvalue weighted by molar-refractivity contribution is 9.10. The Morgan fingerprint density at radius 1 is 1.29 bits per heavy atom. The standard InChI is InChI=1S/C14H19BrClN/c1-10-4-3-5-11(2)17(10)9-12-6-7-13(15)8-14(12)16/h6-8,10-11H,3-5,9H2,1-2H3/t10-,11+. The van der Waals surface area contributed by atoms with Crippen LogP contribution >= 0.6 is 27.5 Å². The van der Waals surface area contributed by atoms with Crippen LogP contribution < -0.4 is 0 Å². The zero-order valence-corrected chi connectivity index (χ0v) is 12.8. The lowest BCUT2D eigenvalue weighted by Crippen LogP contribution is -2.43. The fourth-order valence-corrected chi connectivity index (χ4v) is 3.37. The van der Waals surface area contributed by atoms with Gasteiger partial charge in [0.25, 0.3) is 0 Å². The first-order valence-electron chi connectivity index (χ1n) is 6.27. The fraction of sp³-hybridized carbons (Fsp3) is 0.571. The van der Waals surface area contributed by atoms with Gasteiger partial charge in [0.2, 0.25) is 0 Å². The van der Waals surface area contributed by atoms with E-state index in [0.717, 1.165) is 16.0 Å². The van der Waals surface area contributed by atoms with Gasteiger partial charge in [-0.1, -0.05) is 40.0 Å². The molecule has 0 aliphatic carbocycles. The molecule has 17 heavy (non-hydrogen) atoms. The quantitative estimate of drug-likeness (QED) is 0.752. The summed E-state index contributed by atoms with van der Waals surface area (Å²) in [4.78, 5) is 2.57. The minimum Gasteiger partial charge on any atom is -0.294 e. The van der Waals surface area contributed by atoms with Crippen LogP contribution in [0.25, 0.3) is 0 Å². The summed E-state index contributed by atoms with van der Waals surface area (Å²) in [6.45, 7) is 5.61. The van der Waals surface area contributed by atoms with E-state index in [1.807, 2.05) is 6.07 Å². The van der Waals surface area contributed by atoms with Crippen molar-refractivity contribution in [1.29, 1.82) is 0 Å². The summed E-state index contributed by atoms with van der Waals surface area (Å²) in [5.74, 6) is 0. The van der Waals surface area contributed by atoms with Crippen LogP contribution in [-0.2, 0) is 6.54 Å². The second-order valence-corrected chi connectivity index (χ2v) is 6.36. The Morgan fingerprint density at radius 2 is 1.94 bits per heavy atom. The van der Waals surface area contributed by atoms with Gasteiger partial charge in [0, 0.05) is 28.1 Å². The molecule has 1 aliphatic heterocycles. The number of nitrogens with zero attached hydrogens (tertiary/aromatic N) is 1. The van der Waals surface area contributed by atoms with Crippen LogP contribution in [0.1, 0.15) is 38.7 Å². The lowest BCUT2D eigenvalue weighted by atomic mass is 9.97. The predicted molar refractivity (Wildman–Crippen MR) is 77.5 cm³/mol. The minimum atomic E-state index is 0.665. The van der Waals surface area contributed by atoms with E-state index in [-0.39, 0.29) is 0 Å². The van der Waals surface area contributed by atoms with Crippen LogP contribution in [0.4, 0.5) is 0 Å².